The topological polar surface area (TPSA) is 180 Å². The predicted octanol–water partition coefficient (Wildman–Crippen LogP) is 4.67. The first-order chi connectivity index (χ1) is 56.2. The predicted molar refractivity (Wildman–Crippen MR) is 464 cm³/mol. The number of rotatable bonds is 0. The molecule has 0 saturated carbocycles. The van der Waals surface area contributed by atoms with Gasteiger partial charge in [-0.3, -0.25) is 29.9 Å². The van der Waals surface area contributed by atoms with Gasteiger partial charge in [-0.25, -0.2) is 39.9 Å². The minimum absolute atomic E-state index is 0.239. The maximum absolute atomic E-state index is 4.73. The quantitative estimate of drug-likeness (QED) is 0.191. The highest BCUT2D eigenvalue weighted by Gasteiger charge is 2.46. The Morgan fingerprint density at radius 3 is 0.704 bits per heavy atom. The highest BCUT2D eigenvalue weighted by Crippen LogP contribution is 2.29. The molecule has 550 valence electrons. The number of hydrogen-bond donors (Lipinski definition) is 0. The van der Waals surface area contributed by atoms with E-state index in [1.165, 1.54) is 239 Å². The molecule has 115 heavy (non-hydrogen) atoms. The van der Waals surface area contributed by atoms with Crippen molar-refractivity contribution in [3.05, 3.63) is 359 Å². The van der Waals surface area contributed by atoms with E-state index in [9.17, 15) is 0 Å². The van der Waals surface area contributed by atoms with E-state index < -0.39 is 0 Å². The van der Waals surface area contributed by atoms with Gasteiger partial charge in [0.05, 0.1) is 0 Å². The molecule has 19 heteroatoms. The smallest absolute Gasteiger partial charge is 0.249 e. The molecule has 0 bridgehead atoms. The van der Waals surface area contributed by atoms with Crippen molar-refractivity contribution < 1.29 is 0 Å². The summed E-state index contributed by atoms with van der Waals surface area (Å²) in [5.74, 6) is 0. The first-order valence-corrected chi connectivity index (χ1v) is 40.6. The lowest BCUT2D eigenvalue weighted by Gasteiger charge is -2.34. The van der Waals surface area contributed by atoms with E-state index in [2.05, 4.69) is 249 Å². The molecule has 0 radical (unpaired) electrons. The average molecular weight is 1480 g/mol. The lowest BCUT2D eigenvalue weighted by Crippen LogP contribution is -2.63. The van der Waals surface area contributed by atoms with Gasteiger partial charge in [0.25, 0.3) is 0 Å². The van der Waals surface area contributed by atoms with Crippen LogP contribution in [0.5, 0.6) is 0 Å². The summed E-state index contributed by atoms with van der Waals surface area (Å²) < 4.78 is 0. The lowest BCUT2D eigenvalue weighted by molar-refractivity contribution is 0.952. The minimum Gasteiger partial charge on any atom is -0.264 e. The van der Waals surface area contributed by atoms with Gasteiger partial charge in [0, 0.05) is 176 Å². The summed E-state index contributed by atoms with van der Waals surface area (Å²) in [6.45, 7) is 23.4. The van der Waals surface area contributed by atoms with Crippen LogP contribution >= 0.6 is 0 Å². The fourth-order valence-electron chi connectivity index (χ4n) is 21.9. The van der Waals surface area contributed by atoms with E-state index in [-0.39, 0.29) is 26.9 Å². The Bertz CT molecular complexity index is 5210. The summed E-state index contributed by atoms with van der Waals surface area (Å²) in [5, 5.41) is 0. The molecule has 25 rings (SSSR count). The zero-order valence-corrected chi connectivity index (χ0v) is 66.6. The van der Waals surface area contributed by atoms with Crippen molar-refractivity contribution in [3.8, 4) is 0 Å². The molecule has 10 aromatic heterocycles. The minimum atomic E-state index is 0.239. The van der Waals surface area contributed by atoms with Crippen molar-refractivity contribution in [2.45, 2.75) is 133 Å². The standard InChI is InChI=1S/C20H17BN2.4C19H16BN3/c1-12-4-3-5-14-9-17-20-15(6-7-23-17)8-16-11-22-10-13(2)19(16)21(20)18(12)14;2*1-11-4-3-5-13-6-15-19-16(23-10-22-15)7-14-9-21-8-12(2)18(14)20(19)17(11)13;2*1-11-4-3-5-13-8-14-19-16(23-10-22-14)9-15-18(20(19)17(11)13)12(2)6-7-21-15/h3-7,10-11H,8-9H2,1-2H3;2*3-5,8-10H,6-7H2,1-2H3;2*3-7,10H,8-9H2,1-2H3. The highest BCUT2D eigenvalue weighted by molar-refractivity contribution is 7.00. The van der Waals surface area contributed by atoms with Crippen LogP contribution in [-0.2, 0) is 64.2 Å². The SMILES string of the molecule is Cc1cccc2c1B1c3c(C)ccnc3Cc3ncnc(c31)C2.Cc1cccc2c1B1c3c(C)ccnc3Cc3ncnc(c31)C2.Cc1cccc2c1B1c3c(C)cncc3Cc3ncnc(c31)C2.Cc1cccc2c1B1c3c(C)cncc3Cc3ncnc(c31)C2.Cc1cncc2c1B1c3c(C)cccc3Cc3nccc(c31)C2. The maximum Gasteiger partial charge on any atom is 0.249 e. The van der Waals surface area contributed by atoms with Crippen LogP contribution in [0.3, 0.4) is 0 Å². The van der Waals surface area contributed by atoms with Crippen LogP contribution in [0, 0.1) is 69.2 Å². The molecular formula is C96H81B5N14. The molecule has 10 aliphatic rings. The van der Waals surface area contributed by atoms with E-state index in [1.807, 2.05) is 49.6 Å². The third-order valence-electron chi connectivity index (χ3n) is 26.7. The molecule has 0 amide bonds. The number of aromatic nitrogens is 14. The third kappa shape index (κ3) is 11.4. The van der Waals surface area contributed by atoms with Crippen molar-refractivity contribution >= 4 is 116 Å². The van der Waals surface area contributed by atoms with Gasteiger partial charge in [-0.2, -0.15) is 0 Å². The Kier molecular flexibility index (Phi) is 17.0. The molecule has 20 heterocycles. The summed E-state index contributed by atoms with van der Waals surface area (Å²) in [6, 6.07) is 39.6. The molecule has 0 spiro atoms. The van der Waals surface area contributed by atoms with Crippen molar-refractivity contribution in [3.63, 3.8) is 0 Å². The number of aryl methyl sites for hydroxylation is 10. The number of benzene rings is 5. The summed E-state index contributed by atoms with van der Waals surface area (Å²) in [7, 11) is 0. The van der Waals surface area contributed by atoms with Crippen LogP contribution in [0.4, 0.5) is 0 Å². The van der Waals surface area contributed by atoms with Crippen LogP contribution < -0.4 is 81.9 Å². The normalized spacial score (nSPS) is 14.1. The average Bonchev–Trinajstić information content (AvgIpc) is 0.747. The molecule has 0 aliphatic carbocycles. The van der Waals surface area contributed by atoms with Crippen LogP contribution in [-0.4, -0.2) is 103 Å². The van der Waals surface area contributed by atoms with E-state index in [0.29, 0.717) is 6.71 Å². The molecule has 0 atom stereocenters. The van der Waals surface area contributed by atoms with Gasteiger partial charge < -0.3 is 0 Å². The van der Waals surface area contributed by atoms with E-state index in [0.717, 1.165) is 75.6 Å². The van der Waals surface area contributed by atoms with Gasteiger partial charge in [-0.1, -0.05) is 174 Å². The first-order valence-electron chi connectivity index (χ1n) is 40.6. The third-order valence-corrected chi connectivity index (χ3v) is 26.7. The largest absolute Gasteiger partial charge is 0.264 e. The summed E-state index contributed by atoms with van der Waals surface area (Å²) in [6.07, 6.45) is 33.7. The number of hydrogen-bond acceptors (Lipinski definition) is 14. The van der Waals surface area contributed by atoms with E-state index in [1.54, 1.807) is 25.3 Å². The van der Waals surface area contributed by atoms with Crippen molar-refractivity contribution in [2.75, 3.05) is 0 Å². The van der Waals surface area contributed by atoms with Crippen molar-refractivity contribution in [1.82, 2.24) is 69.8 Å². The number of pyridine rings is 6. The molecule has 0 fully saturated rings. The monoisotopic (exact) mass is 1480 g/mol. The zero-order valence-electron chi connectivity index (χ0n) is 66.6. The van der Waals surface area contributed by atoms with Gasteiger partial charge in [0.2, 0.25) is 33.6 Å². The van der Waals surface area contributed by atoms with Crippen LogP contribution in [0.15, 0.2) is 190 Å². The number of nitrogens with zero attached hydrogens (tertiary/aromatic N) is 14. The summed E-state index contributed by atoms with van der Waals surface area (Å²) >= 11 is 0. The second kappa shape index (κ2) is 27.7. The lowest BCUT2D eigenvalue weighted by atomic mass is 9.30. The van der Waals surface area contributed by atoms with Gasteiger partial charge in [-0.05, 0) is 199 Å². The van der Waals surface area contributed by atoms with Gasteiger partial charge in [0.15, 0.2) is 0 Å². The molecule has 0 N–H and O–H groups in total. The van der Waals surface area contributed by atoms with Crippen LogP contribution in [0.1, 0.15) is 168 Å². The molecule has 10 aliphatic heterocycles. The molecular weight excluding hydrogens is 1400 g/mol. The Morgan fingerprint density at radius 2 is 0.391 bits per heavy atom. The molecule has 0 unspecified atom stereocenters. The summed E-state index contributed by atoms with van der Waals surface area (Å²) in [4.78, 5) is 64.2. The molecule has 5 aromatic carbocycles. The number of fused-ring (bicyclic) bond motifs is 20. The van der Waals surface area contributed by atoms with Crippen LogP contribution in [0.25, 0.3) is 0 Å². The molecule has 0 saturated heterocycles. The van der Waals surface area contributed by atoms with Gasteiger partial charge >= 0.3 is 0 Å². The first kappa shape index (κ1) is 70.5. The van der Waals surface area contributed by atoms with Gasteiger partial charge in [-0.15, -0.1) is 0 Å². The zero-order chi connectivity index (χ0) is 77.8. The van der Waals surface area contributed by atoms with Crippen molar-refractivity contribution in [2.24, 2.45) is 0 Å². The molecule has 14 nitrogen and oxygen atoms in total. The van der Waals surface area contributed by atoms with E-state index >= 15 is 0 Å². The Labute approximate surface area is 673 Å². The Morgan fingerprint density at radius 1 is 0.174 bits per heavy atom. The second-order valence-electron chi connectivity index (χ2n) is 33.3. The van der Waals surface area contributed by atoms with E-state index in [4.69, 9.17) is 4.98 Å². The Balaban J connectivity index is 0.0000000900. The highest BCUT2D eigenvalue weighted by atomic mass is 14.9. The molecule has 15 aromatic rings. The summed E-state index contributed by atoms with van der Waals surface area (Å²) in [5.41, 5.74) is 59.8. The second-order valence-corrected chi connectivity index (χ2v) is 33.3. The fourth-order valence-corrected chi connectivity index (χ4v) is 21.9. The maximum atomic E-state index is 4.73. The van der Waals surface area contributed by atoms with Crippen molar-refractivity contribution in [1.29, 1.82) is 0 Å². The van der Waals surface area contributed by atoms with Crippen LogP contribution in [0.2, 0.25) is 0 Å². The Hall–Kier alpha value is -12.4. The van der Waals surface area contributed by atoms with Gasteiger partial charge in [0.1, 0.15) is 25.3 Å². The fraction of sp³-hybridized carbons (Fsp3) is 0.208.